The molecule has 108 valence electrons. The van der Waals surface area contributed by atoms with Gasteiger partial charge in [0.1, 0.15) is 0 Å². The van der Waals surface area contributed by atoms with Crippen molar-refractivity contribution in [3.05, 3.63) is 11.6 Å². The largest absolute Gasteiger partial charge is 0.466 e. The molecule has 0 spiro atoms. The first-order valence-electron chi connectivity index (χ1n) is 7.51. The van der Waals surface area contributed by atoms with Gasteiger partial charge < -0.3 is 9.84 Å². The summed E-state index contributed by atoms with van der Waals surface area (Å²) in [6.45, 7) is 6.59. The number of carbonyl (C=O) groups excluding carboxylic acids is 1. The maximum Gasteiger partial charge on any atom is 0.308 e. The Hall–Kier alpha value is -0.830. The van der Waals surface area contributed by atoms with Crippen molar-refractivity contribution in [1.82, 2.24) is 0 Å². The highest BCUT2D eigenvalue weighted by molar-refractivity contribution is 5.70. The molecule has 1 fully saturated rings. The van der Waals surface area contributed by atoms with Crippen molar-refractivity contribution in [2.24, 2.45) is 17.8 Å². The van der Waals surface area contributed by atoms with Crippen LogP contribution in [0.15, 0.2) is 11.6 Å². The van der Waals surface area contributed by atoms with Crippen LogP contribution in [0.3, 0.4) is 0 Å². The number of esters is 1. The van der Waals surface area contributed by atoms with E-state index in [9.17, 15) is 9.90 Å². The number of hydrogen-bond acceptors (Lipinski definition) is 3. The number of ether oxygens (including phenoxy) is 1. The molecule has 3 heteroatoms. The maximum atomic E-state index is 11.8. The summed E-state index contributed by atoms with van der Waals surface area (Å²) >= 11 is 0. The van der Waals surface area contributed by atoms with Gasteiger partial charge in [-0.1, -0.05) is 18.6 Å². The summed E-state index contributed by atoms with van der Waals surface area (Å²) in [7, 11) is 0. The van der Waals surface area contributed by atoms with Crippen LogP contribution in [-0.2, 0) is 9.53 Å². The van der Waals surface area contributed by atoms with Crippen molar-refractivity contribution in [2.45, 2.75) is 58.5 Å². The number of fused-ring (bicyclic) bond motifs is 1. The second-order valence-corrected chi connectivity index (χ2v) is 6.34. The minimum absolute atomic E-state index is 0.120. The molecule has 0 aliphatic heterocycles. The van der Waals surface area contributed by atoms with Crippen molar-refractivity contribution in [1.29, 1.82) is 0 Å². The van der Waals surface area contributed by atoms with Crippen molar-refractivity contribution < 1.29 is 14.6 Å². The minimum Gasteiger partial charge on any atom is -0.466 e. The number of aliphatic hydroxyl groups is 1. The van der Waals surface area contributed by atoms with E-state index in [1.165, 1.54) is 5.57 Å². The number of hydrogen-bond donors (Lipinski definition) is 1. The average molecular weight is 266 g/mol. The van der Waals surface area contributed by atoms with Crippen molar-refractivity contribution in [2.75, 3.05) is 6.61 Å². The summed E-state index contributed by atoms with van der Waals surface area (Å²) in [6, 6.07) is 0. The van der Waals surface area contributed by atoms with Crippen LogP contribution >= 0.6 is 0 Å². The molecule has 0 aromatic carbocycles. The lowest BCUT2D eigenvalue weighted by Crippen LogP contribution is -2.49. The van der Waals surface area contributed by atoms with Gasteiger partial charge in [0, 0.05) is 5.92 Å². The van der Waals surface area contributed by atoms with E-state index >= 15 is 0 Å². The highest BCUT2D eigenvalue weighted by Gasteiger charge is 2.48. The Kier molecular flexibility index (Phi) is 4.34. The van der Waals surface area contributed by atoms with Crippen molar-refractivity contribution >= 4 is 5.97 Å². The Bertz CT molecular complexity index is 374. The molecule has 0 aromatic rings. The molecule has 2 rings (SSSR count). The molecule has 1 saturated carbocycles. The standard InChI is InChI=1S/C16H26O3/c1-4-19-15(17)10-16(18)8-7-12(3)13-6-5-11(2)9-14(13)16/h9,12-14,18H,4-8,10H2,1-3H3/t12-,13-,14+,16+/m0/s1. The predicted octanol–water partition coefficient (Wildman–Crippen LogP) is 3.07. The van der Waals surface area contributed by atoms with Crippen LogP contribution in [-0.4, -0.2) is 23.3 Å². The molecule has 0 saturated heterocycles. The normalized spacial score (nSPS) is 38.3. The van der Waals surface area contributed by atoms with E-state index in [2.05, 4.69) is 19.9 Å². The Morgan fingerprint density at radius 2 is 2.26 bits per heavy atom. The summed E-state index contributed by atoms with van der Waals surface area (Å²) in [4.78, 5) is 11.8. The zero-order chi connectivity index (χ0) is 14.0. The molecule has 1 N–H and O–H groups in total. The molecule has 4 atom stereocenters. The van der Waals surface area contributed by atoms with Crippen LogP contribution in [0.2, 0.25) is 0 Å². The lowest BCUT2D eigenvalue weighted by atomic mass is 9.60. The van der Waals surface area contributed by atoms with E-state index in [-0.39, 0.29) is 18.3 Å². The molecule has 0 heterocycles. The smallest absolute Gasteiger partial charge is 0.308 e. The van der Waals surface area contributed by atoms with Gasteiger partial charge in [0.25, 0.3) is 0 Å². The van der Waals surface area contributed by atoms with Gasteiger partial charge in [-0.05, 0) is 51.4 Å². The molecular formula is C16H26O3. The SMILES string of the molecule is CCOC(=O)C[C@]1(O)CC[C@H](C)[C@@H]2CCC(C)=C[C@H]21. The third-order valence-electron chi connectivity index (χ3n) is 4.94. The third kappa shape index (κ3) is 3.02. The van der Waals surface area contributed by atoms with Crippen LogP contribution in [0.5, 0.6) is 0 Å². The lowest BCUT2D eigenvalue weighted by Gasteiger charge is -2.48. The topological polar surface area (TPSA) is 46.5 Å². The second kappa shape index (κ2) is 5.66. The van der Waals surface area contributed by atoms with E-state index in [0.29, 0.717) is 24.9 Å². The van der Waals surface area contributed by atoms with Gasteiger partial charge in [-0.25, -0.2) is 0 Å². The maximum absolute atomic E-state index is 11.8. The monoisotopic (exact) mass is 266 g/mol. The number of allylic oxidation sites excluding steroid dienone is 1. The Morgan fingerprint density at radius 3 is 2.95 bits per heavy atom. The zero-order valence-corrected chi connectivity index (χ0v) is 12.3. The van der Waals surface area contributed by atoms with E-state index in [0.717, 1.165) is 19.3 Å². The van der Waals surface area contributed by atoms with E-state index in [4.69, 9.17) is 4.74 Å². The Balaban J connectivity index is 2.18. The van der Waals surface area contributed by atoms with Crippen LogP contribution in [0, 0.1) is 17.8 Å². The fraction of sp³-hybridized carbons (Fsp3) is 0.812. The van der Waals surface area contributed by atoms with Crippen LogP contribution < -0.4 is 0 Å². The highest BCUT2D eigenvalue weighted by Crippen LogP contribution is 2.48. The van der Waals surface area contributed by atoms with Gasteiger partial charge in [-0.15, -0.1) is 0 Å². The Labute approximate surface area is 116 Å². The second-order valence-electron chi connectivity index (χ2n) is 6.34. The quantitative estimate of drug-likeness (QED) is 0.631. The van der Waals surface area contributed by atoms with Gasteiger partial charge in [0.2, 0.25) is 0 Å². The van der Waals surface area contributed by atoms with Crippen molar-refractivity contribution in [3.63, 3.8) is 0 Å². The number of carbonyl (C=O) groups is 1. The van der Waals surface area contributed by atoms with Gasteiger partial charge in [-0.3, -0.25) is 4.79 Å². The molecule has 3 nitrogen and oxygen atoms in total. The van der Waals surface area contributed by atoms with E-state index in [1.807, 2.05) is 0 Å². The van der Waals surface area contributed by atoms with Crippen LogP contribution in [0.1, 0.15) is 52.9 Å². The summed E-state index contributed by atoms with van der Waals surface area (Å²) in [6.07, 6.45) is 6.32. The van der Waals surface area contributed by atoms with Crippen molar-refractivity contribution in [3.8, 4) is 0 Å². The molecule has 19 heavy (non-hydrogen) atoms. The molecule has 0 bridgehead atoms. The first kappa shape index (κ1) is 14.6. The first-order valence-corrected chi connectivity index (χ1v) is 7.51. The predicted molar refractivity (Wildman–Crippen MR) is 74.6 cm³/mol. The highest BCUT2D eigenvalue weighted by atomic mass is 16.5. The summed E-state index contributed by atoms with van der Waals surface area (Å²) in [5.74, 6) is 0.998. The van der Waals surface area contributed by atoms with E-state index < -0.39 is 5.60 Å². The van der Waals surface area contributed by atoms with Gasteiger partial charge >= 0.3 is 5.97 Å². The molecule has 0 radical (unpaired) electrons. The van der Waals surface area contributed by atoms with Gasteiger partial charge in [0.05, 0.1) is 18.6 Å². The minimum atomic E-state index is -0.898. The van der Waals surface area contributed by atoms with E-state index in [1.54, 1.807) is 6.92 Å². The lowest BCUT2D eigenvalue weighted by molar-refractivity contribution is -0.155. The third-order valence-corrected chi connectivity index (χ3v) is 4.94. The summed E-state index contributed by atoms with van der Waals surface area (Å²) in [5.41, 5.74) is 0.447. The van der Waals surface area contributed by atoms with Crippen LogP contribution in [0.4, 0.5) is 0 Å². The molecule has 0 amide bonds. The first-order chi connectivity index (χ1) is 8.96. The zero-order valence-electron chi connectivity index (χ0n) is 12.3. The average Bonchev–Trinajstić information content (AvgIpc) is 2.35. The molecule has 2 aliphatic carbocycles. The van der Waals surface area contributed by atoms with Crippen LogP contribution in [0.25, 0.3) is 0 Å². The number of rotatable bonds is 3. The summed E-state index contributed by atoms with van der Waals surface area (Å²) in [5, 5.41) is 11.0. The molecule has 0 unspecified atom stereocenters. The fourth-order valence-electron chi connectivity index (χ4n) is 3.81. The van der Waals surface area contributed by atoms with Gasteiger partial charge in [-0.2, -0.15) is 0 Å². The molecule has 2 aliphatic rings. The Morgan fingerprint density at radius 1 is 1.53 bits per heavy atom. The summed E-state index contributed by atoms with van der Waals surface area (Å²) < 4.78 is 5.02. The molecular weight excluding hydrogens is 240 g/mol. The van der Waals surface area contributed by atoms with Gasteiger partial charge in [0.15, 0.2) is 0 Å². The fourth-order valence-corrected chi connectivity index (χ4v) is 3.81. The molecule has 0 aromatic heterocycles.